The molecule has 1 heterocycles. The van der Waals surface area contributed by atoms with Crippen LogP contribution in [0, 0.1) is 5.82 Å². The molecule has 4 heteroatoms. The SMILES string of the molecule is OC(COC1COC1)c1ccccc1F. The van der Waals surface area contributed by atoms with Gasteiger partial charge in [0, 0.05) is 5.56 Å². The fourth-order valence-corrected chi connectivity index (χ4v) is 1.37. The van der Waals surface area contributed by atoms with Crippen molar-refractivity contribution >= 4 is 0 Å². The molecular weight excluding hydrogens is 199 g/mol. The maximum absolute atomic E-state index is 13.2. The van der Waals surface area contributed by atoms with E-state index in [2.05, 4.69) is 0 Å². The monoisotopic (exact) mass is 212 g/mol. The van der Waals surface area contributed by atoms with Crippen LogP contribution in [0.1, 0.15) is 11.7 Å². The van der Waals surface area contributed by atoms with Gasteiger partial charge in [-0.15, -0.1) is 0 Å². The van der Waals surface area contributed by atoms with Crippen molar-refractivity contribution in [2.45, 2.75) is 12.2 Å². The minimum absolute atomic E-state index is 0.0476. The summed E-state index contributed by atoms with van der Waals surface area (Å²) in [6.45, 7) is 1.23. The first-order valence-electron chi connectivity index (χ1n) is 4.89. The van der Waals surface area contributed by atoms with E-state index in [1.165, 1.54) is 6.07 Å². The van der Waals surface area contributed by atoms with Gasteiger partial charge in [0.2, 0.25) is 0 Å². The molecule has 1 unspecified atom stereocenters. The van der Waals surface area contributed by atoms with Crippen molar-refractivity contribution in [3.63, 3.8) is 0 Å². The topological polar surface area (TPSA) is 38.7 Å². The highest BCUT2D eigenvalue weighted by atomic mass is 19.1. The average Bonchev–Trinajstić information content (AvgIpc) is 2.16. The Morgan fingerprint density at radius 1 is 1.47 bits per heavy atom. The molecule has 1 N–H and O–H groups in total. The molecular formula is C11H13FO3. The molecule has 1 fully saturated rings. The summed E-state index contributed by atoms with van der Waals surface area (Å²) in [7, 11) is 0. The summed E-state index contributed by atoms with van der Waals surface area (Å²) >= 11 is 0. The second-order valence-corrected chi connectivity index (χ2v) is 3.53. The van der Waals surface area contributed by atoms with Crippen molar-refractivity contribution in [2.24, 2.45) is 0 Å². The molecule has 82 valence electrons. The third kappa shape index (κ3) is 2.53. The summed E-state index contributed by atoms with van der Waals surface area (Å²) in [6, 6.07) is 6.16. The van der Waals surface area contributed by atoms with Crippen LogP contribution in [0.2, 0.25) is 0 Å². The van der Waals surface area contributed by atoms with E-state index in [1.807, 2.05) is 0 Å². The molecule has 0 aliphatic carbocycles. The number of ether oxygens (including phenoxy) is 2. The molecule has 1 saturated heterocycles. The Hall–Kier alpha value is -0.970. The van der Waals surface area contributed by atoms with Gasteiger partial charge in [-0.25, -0.2) is 4.39 Å². The normalized spacial score (nSPS) is 18.5. The van der Waals surface area contributed by atoms with E-state index in [0.29, 0.717) is 13.2 Å². The van der Waals surface area contributed by atoms with E-state index in [4.69, 9.17) is 9.47 Å². The van der Waals surface area contributed by atoms with Crippen molar-refractivity contribution in [3.8, 4) is 0 Å². The molecule has 3 nitrogen and oxygen atoms in total. The molecule has 0 spiro atoms. The van der Waals surface area contributed by atoms with Crippen LogP contribution in [0.15, 0.2) is 24.3 Å². The molecule has 0 aromatic heterocycles. The Kier molecular flexibility index (Phi) is 3.30. The molecule has 2 rings (SSSR count). The number of hydrogen-bond donors (Lipinski definition) is 1. The zero-order valence-corrected chi connectivity index (χ0v) is 8.23. The zero-order valence-electron chi connectivity index (χ0n) is 8.23. The van der Waals surface area contributed by atoms with Gasteiger partial charge in [0.25, 0.3) is 0 Å². The highest BCUT2D eigenvalue weighted by Crippen LogP contribution is 2.18. The van der Waals surface area contributed by atoms with Crippen LogP contribution in [0.5, 0.6) is 0 Å². The molecule has 0 radical (unpaired) electrons. The van der Waals surface area contributed by atoms with Crippen LogP contribution in [0.4, 0.5) is 4.39 Å². The first-order valence-corrected chi connectivity index (χ1v) is 4.89. The number of rotatable bonds is 4. The van der Waals surface area contributed by atoms with Gasteiger partial charge in [0.05, 0.1) is 19.8 Å². The Bertz CT molecular complexity index is 325. The van der Waals surface area contributed by atoms with Crippen molar-refractivity contribution in [3.05, 3.63) is 35.6 Å². The van der Waals surface area contributed by atoms with Crippen LogP contribution in [-0.4, -0.2) is 31.0 Å². The van der Waals surface area contributed by atoms with E-state index >= 15 is 0 Å². The van der Waals surface area contributed by atoms with E-state index in [9.17, 15) is 9.50 Å². The van der Waals surface area contributed by atoms with Crippen LogP contribution < -0.4 is 0 Å². The van der Waals surface area contributed by atoms with Crippen molar-refractivity contribution in [1.82, 2.24) is 0 Å². The maximum Gasteiger partial charge on any atom is 0.129 e. The smallest absolute Gasteiger partial charge is 0.129 e. The largest absolute Gasteiger partial charge is 0.386 e. The van der Waals surface area contributed by atoms with Gasteiger partial charge in [0.1, 0.15) is 18.0 Å². The summed E-state index contributed by atoms with van der Waals surface area (Å²) in [6.07, 6.45) is -0.863. The van der Waals surface area contributed by atoms with Crippen molar-refractivity contribution in [1.29, 1.82) is 0 Å². The van der Waals surface area contributed by atoms with Crippen molar-refractivity contribution < 1.29 is 19.0 Å². The van der Waals surface area contributed by atoms with Gasteiger partial charge in [-0.1, -0.05) is 18.2 Å². The number of halogens is 1. The van der Waals surface area contributed by atoms with Gasteiger partial charge in [-0.3, -0.25) is 0 Å². The Morgan fingerprint density at radius 2 is 2.20 bits per heavy atom. The quantitative estimate of drug-likeness (QED) is 0.817. The molecule has 1 aliphatic heterocycles. The van der Waals surface area contributed by atoms with Gasteiger partial charge in [0.15, 0.2) is 0 Å². The Labute approximate surface area is 87.4 Å². The van der Waals surface area contributed by atoms with Gasteiger partial charge >= 0.3 is 0 Å². The van der Waals surface area contributed by atoms with Crippen LogP contribution in [-0.2, 0) is 9.47 Å². The van der Waals surface area contributed by atoms with Gasteiger partial charge < -0.3 is 14.6 Å². The molecule has 1 aromatic carbocycles. The lowest BCUT2D eigenvalue weighted by molar-refractivity contribution is -0.143. The molecule has 0 amide bonds. The van der Waals surface area contributed by atoms with E-state index < -0.39 is 11.9 Å². The third-order valence-electron chi connectivity index (χ3n) is 2.36. The van der Waals surface area contributed by atoms with Gasteiger partial charge in [-0.05, 0) is 6.07 Å². The summed E-state index contributed by atoms with van der Waals surface area (Å²) in [5.41, 5.74) is 0.276. The van der Waals surface area contributed by atoms with E-state index in [-0.39, 0.29) is 18.3 Å². The lowest BCUT2D eigenvalue weighted by atomic mass is 10.1. The fourth-order valence-electron chi connectivity index (χ4n) is 1.37. The second kappa shape index (κ2) is 4.70. The molecule has 15 heavy (non-hydrogen) atoms. The highest BCUT2D eigenvalue weighted by molar-refractivity contribution is 5.19. The predicted molar refractivity (Wildman–Crippen MR) is 51.9 cm³/mol. The number of hydrogen-bond acceptors (Lipinski definition) is 3. The Balaban J connectivity index is 1.89. The van der Waals surface area contributed by atoms with Gasteiger partial charge in [-0.2, -0.15) is 0 Å². The molecule has 1 atom stereocenters. The molecule has 1 aliphatic rings. The summed E-state index contributed by atoms with van der Waals surface area (Å²) in [5, 5.41) is 9.66. The molecule has 0 saturated carbocycles. The van der Waals surface area contributed by atoms with Crippen molar-refractivity contribution in [2.75, 3.05) is 19.8 Å². The molecule has 0 bridgehead atoms. The number of benzene rings is 1. The lowest BCUT2D eigenvalue weighted by Gasteiger charge is -2.27. The minimum Gasteiger partial charge on any atom is -0.386 e. The second-order valence-electron chi connectivity index (χ2n) is 3.53. The summed E-state index contributed by atoms with van der Waals surface area (Å²) in [4.78, 5) is 0. The maximum atomic E-state index is 13.2. The summed E-state index contributed by atoms with van der Waals surface area (Å²) in [5.74, 6) is -0.404. The molecule has 1 aromatic rings. The first kappa shape index (κ1) is 10.5. The number of aliphatic hydroxyl groups is 1. The average molecular weight is 212 g/mol. The highest BCUT2D eigenvalue weighted by Gasteiger charge is 2.21. The zero-order chi connectivity index (χ0) is 10.7. The van der Waals surface area contributed by atoms with Crippen LogP contribution in [0.3, 0.4) is 0 Å². The Morgan fingerprint density at radius 3 is 2.80 bits per heavy atom. The summed E-state index contributed by atoms with van der Waals surface area (Å²) < 4.78 is 23.4. The standard InChI is InChI=1S/C11H13FO3/c12-10-4-2-1-3-9(10)11(13)7-15-8-5-14-6-8/h1-4,8,11,13H,5-7H2. The fraction of sp³-hybridized carbons (Fsp3) is 0.455. The third-order valence-corrected chi connectivity index (χ3v) is 2.36. The lowest BCUT2D eigenvalue weighted by Crippen LogP contribution is -2.37. The minimum atomic E-state index is -0.910. The van der Waals surface area contributed by atoms with Crippen LogP contribution >= 0.6 is 0 Å². The van der Waals surface area contributed by atoms with E-state index in [1.54, 1.807) is 18.2 Å². The predicted octanol–water partition coefficient (Wildman–Crippen LogP) is 1.27. The number of aliphatic hydroxyl groups excluding tert-OH is 1. The first-order chi connectivity index (χ1) is 7.27. The van der Waals surface area contributed by atoms with Crippen LogP contribution in [0.25, 0.3) is 0 Å². The van der Waals surface area contributed by atoms with E-state index in [0.717, 1.165) is 0 Å².